The Labute approximate surface area is 131 Å². The summed E-state index contributed by atoms with van der Waals surface area (Å²) in [6, 6.07) is 7.61. The first kappa shape index (κ1) is 15.0. The summed E-state index contributed by atoms with van der Waals surface area (Å²) >= 11 is 9.31. The van der Waals surface area contributed by atoms with Gasteiger partial charge in [0.2, 0.25) is 11.2 Å². The van der Waals surface area contributed by atoms with Gasteiger partial charge in [0.1, 0.15) is 5.75 Å². The largest absolute Gasteiger partial charge is 0.424 e. The molecule has 0 aliphatic heterocycles. The summed E-state index contributed by atoms with van der Waals surface area (Å²) in [6.07, 6.45) is 0. The summed E-state index contributed by atoms with van der Waals surface area (Å²) < 4.78 is 6.53. The van der Waals surface area contributed by atoms with Gasteiger partial charge in [0, 0.05) is 17.6 Å². The van der Waals surface area contributed by atoms with E-state index >= 15 is 0 Å². The molecular formula is C13H14BrClN4O. The van der Waals surface area contributed by atoms with Gasteiger partial charge in [-0.2, -0.15) is 15.0 Å². The third-order valence-corrected chi connectivity index (χ3v) is 3.29. The number of nitrogens with zero attached hydrogens (tertiary/aromatic N) is 4. The standard InChI is InChI=1S/C13H14BrClN4O/c1-3-19(4-2)12-16-11(15)17-13(18-12)20-10-7-5-6-9(14)8-10/h5-8H,3-4H2,1-2H3. The van der Waals surface area contributed by atoms with Crippen molar-refractivity contribution in [3.8, 4) is 11.8 Å². The summed E-state index contributed by atoms with van der Waals surface area (Å²) in [5.41, 5.74) is 0. The molecule has 0 saturated heterocycles. The minimum Gasteiger partial charge on any atom is -0.424 e. The van der Waals surface area contributed by atoms with Crippen molar-refractivity contribution < 1.29 is 4.74 Å². The van der Waals surface area contributed by atoms with E-state index < -0.39 is 0 Å². The average Bonchev–Trinajstić information content (AvgIpc) is 2.39. The molecule has 2 aromatic rings. The zero-order chi connectivity index (χ0) is 14.5. The van der Waals surface area contributed by atoms with Crippen molar-refractivity contribution in [1.82, 2.24) is 15.0 Å². The lowest BCUT2D eigenvalue weighted by atomic mass is 10.3. The van der Waals surface area contributed by atoms with Crippen molar-refractivity contribution in [2.45, 2.75) is 13.8 Å². The van der Waals surface area contributed by atoms with Gasteiger partial charge in [0.25, 0.3) is 0 Å². The minimum absolute atomic E-state index is 0.117. The number of anilines is 1. The molecule has 106 valence electrons. The predicted molar refractivity (Wildman–Crippen MR) is 82.6 cm³/mol. The molecule has 1 heterocycles. The van der Waals surface area contributed by atoms with Crippen LogP contribution in [0.15, 0.2) is 28.7 Å². The Morgan fingerprint density at radius 1 is 1.20 bits per heavy atom. The first-order chi connectivity index (χ1) is 9.62. The fraction of sp³-hybridized carbons (Fsp3) is 0.308. The van der Waals surface area contributed by atoms with Gasteiger partial charge in [0.05, 0.1) is 0 Å². The highest BCUT2D eigenvalue weighted by Crippen LogP contribution is 2.23. The van der Waals surface area contributed by atoms with Gasteiger partial charge in [-0.3, -0.25) is 0 Å². The minimum atomic E-state index is 0.117. The Morgan fingerprint density at radius 2 is 1.95 bits per heavy atom. The molecule has 1 aromatic heterocycles. The number of halogens is 2. The quantitative estimate of drug-likeness (QED) is 0.811. The highest BCUT2D eigenvalue weighted by Gasteiger charge is 2.11. The molecule has 0 radical (unpaired) electrons. The fourth-order valence-corrected chi connectivity index (χ4v) is 2.18. The molecule has 0 spiro atoms. The van der Waals surface area contributed by atoms with Crippen LogP contribution in [0.4, 0.5) is 5.95 Å². The van der Waals surface area contributed by atoms with Crippen LogP contribution in [-0.4, -0.2) is 28.0 Å². The maximum absolute atomic E-state index is 5.93. The Hall–Kier alpha value is -1.40. The Morgan fingerprint density at radius 3 is 2.60 bits per heavy atom. The van der Waals surface area contributed by atoms with Crippen LogP contribution in [0.5, 0.6) is 11.8 Å². The molecule has 2 rings (SSSR count). The Balaban J connectivity index is 2.28. The van der Waals surface area contributed by atoms with Crippen molar-refractivity contribution >= 4 is 33.5 Å². The van der Waals surface area contributed by atoms with E-state index in [1.807, 2.05) is 43.0 Å². The van der Waals surface area contributed by atoms with E-state index in [2.05, 4.69) is 30.9 Å². The van der Waals surface area contributed by atoms with Gasteiger partial charge in [-0.25, -0.2) is 0 Å². The van der Waals surface area contributed by atoms with Gasteiger partial charge in [-0.05, 0) is 43.6 Å². The number of hydrogen-bond acceptors (Lipinski definition) is 5. The van der Waals surface area contributed by atoms with Crippen molar-refractivity contribution in [3.05, 3.63) is 34.0 Å². The lowest BCUT2D eigenvalue weighted by Crippen LogP contribution is -2.24. The van der Waals surface area contributed by atoms with Crippen LogP contribution >= 0.6 is 27.5 Å². The molecule has 0 aliphatic carbocycles. The predicted octanol–water partition coefficient (Wildman–Crippen LogP) is 3.93. The van der Waals surface area contributed by atoms with Crippen molar-refractivity contribution in [2.24, 2.45) is 0 Å². The molecule has 0 aliphatic rings. The zero-order valence-electron chi connectivity index (χ0n) is 11.2. The number of rotatable bonds is 5. The summed E-state index contributed by atoms with van der Waals surface area (Å²) in [6.45, 7) is 5.62. The maximum Gasteiger partial charge on any atom is 0.328 e. The van der Waals surface area contributed by atoms with Crippen LogP contribution in [0.3, 0.4) is 0 Å². The van der Waals surface area contributed by atoms with Crippen LogP contribution < -0.4 is 9.64 Å². The molecule has 0 bridgehead atoms. The SMILES string of the molecule is CCN(CC)c1nc(Cl)nc(Oc2cccc(Br)c2)n1. The number of hydrogen-bond donors (Lipinski definition) is 0. The molecule has 20 heavy (non-hydrogen) atoms. The molecular weight excluding hydrogens is 344 g/mol. The Kier molecular flexibility index (Phi) is 5.14. The average molecular weight is 358 g/mol. The molecule has 0 amide bonds. The number of aromatic nitrogens is 3. The number of benzene rings is 1. The summed E-state index contributed by atoms with van der Waals surface area (Å²) in [4.78, 5) is 14.4. The van der Waals surface area contributed by atoms with Crippen LogP contribution in [0.2, 0.25) is 5.28 Å². The fourth-order valence-electron chi connectivity index (χ4n) is 1.65. The monoisotopic (exact) mass is 356 g/mol. The third kappa shape index (κ3) is 3.80. The third-order valence-electron chi connectivity index (χ3n) is 2.63. The number of ether oxygens (including phenoxy) is 1. The molecule has 5 nitrogen and oxygen atoms in total. The smallest absolute Gasteiger partial charge is 0.328 e. The highest BCUT2D eigenvalue weighted by molar-refractivity contribution is 9.10. The summed E-state index contributed by atoms with van der Waals surface area (Å²) in [5.74, 6) is 1.15. The van der Waals surface area contributed by atoms with Crippen LogP contribution in [0.1, 0.15) is 13.8 Å². The molecule has 0 atom stereocenters. The molecule has 7 heteroatoms. The van der Waals surface area contributed by atoms with Gasteiger partial charge in [-0.1, -0.05) is 22.0 Å². The summed E-state index contributed by atoms with van der Waals surface area (Å²) in [5, 5.41) is 0.117. The summed E-state index contributed by atoms with van der Waals surface area (Å²) in [7, 11) is 0. The second-order valence-corrected chi connectivity index (χ2v) is 5.17. The van der Waals surface area contributed by atoms with Crippen molar-refractivity contribution in [3.63, 3.8) is 0 Å². The zero-order valence-corrected chi connectivity index (χ0v) is 13.5. The van der Waals surface area contributed by atoms with Crippen LogP contribution in [0, 0.1) is 0 Å². The van der Waals surface area contributed by atoms with E-state index in [4.69, 9.17) is 16.3 Å². The van der Waals surface area contributed by atoms with E-state index in [1.165, 1.54) is 0 Å². The topological polar surface area (TPSA) is 51.1 Å². The molecule has 0 N–H and O–H groups in total. The van der Waals surface area contributed by atoms with E-state index in [0.29, 0.717) is 11.7 Å². The van der Waals surface area contributed by atoms with E-state index in [9.17, 15) is 0 Å². The van der Waals surface area contributed by atoms with Crippen molar-refractivity contribution in [2.75, 3.05) is 18.0 Å². The van der Waals surface area contributed by atoms with E-state index in [1.54, 1.807) is 0 Å². The second kappa shape index (κ2) is 6.85. The van der Waals surface area contributed by atoms with Gasteiger partial charge < -0.3 is 9.64 Å². The first-order valence-electron chi connectivity index (χ1n) is 6.22. The van der Waals surface area contributed by atoms with Gasteiger partial charge >= 0.3 is 6.01 Å². The first-order valence-corrected chi connectivity index (χ1v) is 7.39. The molecule has 0 unspecified atom stereocenters. The second-order valence-electron chi connectivity index (χ2n) is 3.92. The lowest BCUT2D eigenvalue weighted by Gasteiger charge is -2.18. The highest BCUT2D eigenvalue weighted by atomic mass is 79.9. The van der Waals surface area contributed by atoms with Crippen LogP contribution in [0.25, 0.3) is 0 Å². The van der Waals surface area contributed by atoms with E-state index in [0.717, 1.165) is 17.6 Å². The maximum atomic E-state index is 5.93. The van der Waals surface area contributed by atoms with Gasteiger partial charge in [-0.15, -0.1) is 0 Å². The Bertz CT molecular complexity index is 592. The van der Waals surface area contributed by atoms with Gasteiger partial charge in [0.15, 0.2) is 0 Å². The van der Waals surface area contributed by atoms with Crippen LogP contribution in [-0.2, 0) is 0 Å². The van der Waals surface area contributed by atoms with Crippen molar-refractivity contribution in [1.29, 1.82) is 0 Å². The molecule has 0 fully saturated rings. The normalized spacial score (nSPS) is 10.4. The van der Waals surface area contributed by atoms with E-state index in [-0.39, 0.29) is 11.3 Å². The molecule has 0 saturated carbocycles. The lowest BCUT2D eigenvalue weighted by molar-refractivity contribution is 0.439. The molecule has 1 aromatic carbocycles.